The van der Waals surface area contributed by atoms with Crippen molar-refractivity contribution >= 4 is 5.84 Å². The second-order valence-electron chi connectivity index (χ2n) is 1.77. The van der Waals surface area contributed by atoms with Crippen LogP contribution in [-0.2, 0) is 0 Å². The number of hydrogen-bond acceptors (Lipinski definition) is 3. The fourth-order valence-corrected chi connectivity index (χ4v) is 0.378. The molecule has 0 heterocycles. The Kier molecular flexibility index (Phi) is 3.67. The number of aliphatic imine (C=N–C) groups is 1. The van der Waals surface area contributed by atoms with Crippen molar-refractivity contribution in [1.82, 2.24) is 4.90 Å². The highest BCUT2D eigenvalue weighted by molar-refractivity contribution is 5.80. The molecule has 52 valence electrons. The SMILES string of the molecule is CC(=NC#N)N(C)CC#N. The van der Waals surface area contributed by atoms with Gasteiger partial charge in [-0.3, -0.25) is 0 Å². The highest BCUT2D eigenvalue weighted by atomic mass is 15.1. The van der Waals surface area contributed by atoms with Gasteiger partial charge in [0.25, 0.3) is 0 Å². The van der Waals surface area contributed by atoms with Gasteiger partial charge in [0, 0.05) is 7.05 Å². The zero-order chi connectivity index (χ0) is 7.98. The molecule has 0 fully saturated rings. The zero-order valence-corrected chi connectivity index (χ0v) is 6.00. The standard InChI is InChI=1S/C6H8N4/c1-6(9-5-8)10(2)4-3-7/h4H2,1-2H3. The molecule has 0 spiro atoms. The minimum absolute atomic E-state index is 0.261. The van der Waals surface area contributed by atoms with Crippen molar-refractivity contribution in [2.75, 3.05) is 13.6 Å². The minimum Gasteiger partial charge on any atom is -0.349 e. The van der Waals surface area contributed by atoms with Crippen molar-refractivity contribution in [3.05, 3.63) is 0 Å². The van der Waals surface area contributed by atoms with Crippen LogP contribution in [0.1, 0.15) is 6.92 Å². The molecule has 4 nitrogen and oxygen atoms in total. The summed E-state index contributed by atoms with van der Waals surface area (Å²) in [4.78, 5) is 5.04. The van der Waals surface area contributed by atoms with E-state index in [1.54, 1.807) is 25.1 Å². The maximum atomic E-state index is 8.22. The highest BCUT2D eigenvalue weighted by Crippen LogP contribution is 1.84. The van der Waals surface area contributed by atoms with E-state index in [0.29, 0.717) is 5.84 Å². The molecule has 0 aromatic heterocycles. The molecule has 10 heavy (non-hydrogen) atoms. The van der Waals surface area contributed by atoms with Crippen LogP contribution < -0.4 is 0 Å². The molecule has 0 rings (SSSR count). The third kappa shape index (κ3) is 2.68. The van der Waals surface area contributed by atoms with E-state index in [1.165, 1.54) is 0 Å². The summed E-state index contributed by atoms with van der Waals surface area (Å²) in [6.45, 7) is 1.94. The molecular formula is C6H8N4. The lowest BCUT2D eigenvalue weighted by Crippen LogP contribution is -2.23. The molecule has 4 heteroatoms. The average Bonchev–Trinajstić information content (AvgIpc) is 1.89. The van der Waals surface area contributed by atoms with E-state index in [4.69, 9.17) is 10.5 Å². The van der Waals surface area contributed by atoms with Gasteiger partial charge < -0.3 is 4.90 Å². The minimum atomic E-state index is 0.261. The van der Waals surface area contributed by atoms with Crippen molar-refractivity contribution in [3.8, 4) is 12.3 Å². The van der Waals surface area contributed by atoms with Gasteiger partial charge in [0.2, 0.25) is 6.19 Å². The number of hydrogen-bond donors (Lipinski definition) is 0. The van der Waals surface area contributed by atoms with Gasteiger partial charge in [-0.2, -0.15) is 15.5 Å². The molecule has 0 aliphatic rings. The molecule has 0 bridgehead atoms. The monoisotopic (exact) mass is 136 g/mol. The van der Waals surface area contributed by atoms with E-state index in [1.807, 2.05) is 6.07 Å². The highest BCUT2D eigenvalue weighted by Gasteiger charge is 1.96. The summed E-state index contributed by atoms with van der Waals surface area (Å²) < 4.78 is 0. The topological polar surface area (TPSA) is 63.2 Å². The summed E-state index contributed by atoms with van der Waals surface area (Å²) in [5, 5.41) is 16.3. The Morgan fingerprint density at radius 1 is 1.60 bits per heavy atom. The average molecular weight is 136 g/mol. The quantitative estimate of drug-likeness (QED) is 0.226. The van der Waals surface area contributed by atoms with Gasteiger partial charge >= 0.3 is 0 Å². The summed E-state index contributed by atoms with van der Waals surface area (Å²) in [6.07, 6.45) is 1.64. The van der Waals surface area contributed by atoms with Gasteiger partial charge in [-0.05, 0) is 6.92 Å². The van der Waals surface area contributed by atoms with Gasteiger partial charge in [-0.1, -0.05) is 0 Å². The molecule has 0 radical (unpaired) electrons. The van der Waals surface area contributed by atoms with E-state index in [9.17, 15) is 0 Å². The summed E-state index contributed by atoms with van der Waals surface area (Å²) in [5.74, 6) is 0.559. The maximum absolute atomic E-state index is 8.22. The van der Waals surface area contributed by atoms with Crippen LogP contribution in [0.5, 0.6) is 0 Å². The number of nitrogens with zero attached hydrogens (tertiary/aromatic N) is 4. The molecule has 0 amide bonds. The Bertz CT molecular complexity index is 205. The summed E-state index contributed by atoms with van der Waals surface area (Å²) in [5.41, 5.74) is 0. The molecule has 0 atom stereocenters. The molecule has 0 N–H and O–H groups in total. The van der Waals surface area contributed by atoms with Gasteiger partial charge in [0.1, 0.15) is 12.4 Å². The first-order chi connectivity index (χ1) is 4.72. The predicted octanol–water partition coefficient (Wildman–Crippen LogP) is 0.341. The largest absolute Gasteiger partial charge is 0.349 e. The van der Waals surface area contributed by atoms with E-state index < -0.39 is 0 Å². The maximum Gasteiger partial charge on any atom is 0.207 e. The molecular weight excluding hydrogens is 128 g/mol. The number of amidine groups is 1. The van der Waals surface area contributed by atoms with Crippen LogP contribution in [-0.4, -0.2) is 24.3 Å². The van der Waals surface area contributed by atoms with Crippen LogP contribution in [0.2, 0.25) is 0 Å². The molecule has 0 aromatic rings. The number of rotatable bonds is 1. The Balaban J connectivity index is 3.99. The fourth-order valence-electron chi connectivity index (χ4n) is 0.378. The Labute approximate surface area is 60.0 Å². The van der Waals surface area contributed by atoms with Crippen molar-refractivity contribution in [2.45, 2.75) is 6.92 Å². The lowest BCUT2D eigenvalue weighted by atomic mass is 10.5. The van der Waals surface area contributed by atoms with Crippen molar-refractivity contribution in [3.63, 3.8) is 0 Å². The van der Waals surface area contributed by atoms with Gasteiger partial charge in [-0.25, -0.2) is 0 Å². The third-order valence-electron chi connectivity index (χ3n) is 1.07. The molecule has 0 aliphatic carbocycles. The lowest BCUT2D eigenvalue weighted by Gasteiger charge is -2.11. The Morgan fingerprint density at radius 3 is 2.60 bits per heavy atom. The molecule has 0 aliphatic heterocycles. The van der Waals surface area contributed by atoms with E-state index in [2.05, 4.69) is 4.99 Å². The first-order valence-electron chi connectivity index (χ1n) is 2.74. The molecule has 0 unspecified atom stereocenters. The molecule has 0 saturated heterocycles. The lowest BCUT2D eigenvalue weighted by molar-refractivity contribution is 0.566. The Hall–Kier alpha value is -1.55. The van der Waals surface area contributed by atoms with Crippen molar-refractivity contribution in [1.29, 1.82) is 10.5 Å². The van der Waals surface area contributed by atoms with Gasteiger partial charge in [0.05, 0.1) is 6.07 Å². The summed E-state index contributed by atoms with van der Waals surface area (Å²) >= 11 is 0. The van der Waals surface area contributed by atoms with Crippen molar-refractivity contribution in [2.24, 2.45) is 4.99 Å². The zero-order valence-electron chi connectivity index (χ0n) is 6.00. The van der Waals surface area contributed by atoms with Crippen LogP contribution in [0.25, 0.3) is 0 Å². The first kappa shape index (κ1) is 8.45. The Morgan fingerprint density at radius 2 is 2.20 bits per heavy atom. The first-order valence-corrected chi connectivity index (χ1v) is 2.74. The van der Waals surface area contributed by atoms with Crippen LogP contribution in [0.4, 0.5) is 0 Å². The molecule has 0 aromatic carbocycles. The van der Waals surface area contributed by atoms with E-state index >= 15 is 0 Å². The van der Waals surface area contributed by atoms with Gasteiger partial charge in [-0.15, -0.1) is 0 Å². The van der Waals surface area contributed by atoms with E-state index in [-0.39, 0.29) is 6.54 Å². The van der Waals surface area contributed by atoms with Crippen LogP contribution in [0.15, 0.2) is 4.99 Å². The fraction of sp³-hybridized carbons (Fsp3) is 0.500. The normalized spacial score (nSPS) is 9.80. The van der Waals surface area contributed by atoms with Crippen LogP contribution >= 0.6 is 0 Å². The van der Waals surface area contributed by atoms with E-state index in [0.717, 1.165) is 0 Å². The smallest absolute Gasteiger partial charge is 0.207 e. The summed E-state index contributed by atoms with van der Waals surface area (Å²) in [6, 6.07) is 1.94. The third-order valence-corrected chi connectivity index (χ3v) is 1.07. The van der Waals surface area contributed by atoms with Gasteiger partial charge in [0.15, 0.2) is 0 Å². The molecule has 0 saturated carbocycles. The van der Waals surface area contributed by atoms with Crippen molar-refractivity contribution < 1.29 is 0 Å². The second kappa shape index (κ2) is 4.34. The van der Waals surface area contributed by atoms with Crippen LogP contribution in [0.3, 0.4) is 0 Å². The number of nitriles is 2. The predicted molar refractivity (Wildman–Crippen MR) is 37.0 cm³/mol. The second-order valence-corrected chi connectivity index (χ2v) is 1.77. The van der Waals surface area contributed by atoms with Crippen LogP contribution in [0, 0.1) is 22.8 Å². The summed E-state index contributed by atoms with van der Waals surface area (Å²) in [7, 11) is 1.71.